The molecule has 0 unspecified atom stereocenters. The van der Waals surface area contributed by atoms with E-state index in [4.69, 9.17) is 10.5 Å². The minimum absolute atomic E-state index is 0.324. The number of nitrogens with two attached hydrogens (primary N) is 1. The van der Waals surface area contributed by atoms with Crippen LogP contribution >= 0.6 is 0 Å². The van der Waals surface area contributed by atoms with Gasteiger partial charge in [0.15, 0.2) is 5.82 Å². The zero-order valence-corrected chi connectivity index (χ0v) is 12.2. The van der Waals surface area contributed by atoms with Gasteiger partial charge < -0.3 is 15.8 Å². The molecule has 1 aromatic heterocycles. The SMILES string of the molecule is CCOC(=O)c1cccc(N)c1NCCc1ncn(C)n1. The van der Waals surface area contributed by atoms with Gasteiger partial charge >= 0.3 is 5.97 Å². The third kappa shape index (κ3) is 3.71. The number of nitrogens with one attached hydrogen (secondary N) is 1. The molecule has 0 saturated carbocycles. The van der Waals surface area contributed by atoms with Gasteiger partial charge in [-0.2, -0.15) is 5.10 Å². The van der Waals surface area contributed by atoms with Crippen LogP contribution in [0.3, 0.4) is 0 Å². The highest BCUT2D eigenvalue weighted by molar-refractivity contribution is 5.98. The Morgan fingerprint density at radius 3 is 2.95 bits per heavy atom. The molecule has 1 heterocycles. The van der Waals surface area contributed by atoms with Crippen molar-refractivity contribution < 1.29 is 9.53 Å². The summed E-state index contributed by atoms with van der Waals surface area (Å²) >= 11 is 0. The predicted octanol–water partition coefficient (Wildman–Crippen LogP) is 1.23. The number of nitrogens with zero attached hydrogens (tertiary/aromatic N) is 3. The highest BCUT2D eigenvalue weighted by Crippen LogP contribution is 2.24. The fourth-order valence-electron chi connectivity index (χ4n) is 1.94. The van der Waals surface area contributed by atoms with E-state index in [9.17, 15) is 4.79 Å². The number of hydrogen-bond acceptors (Lipinski definition) is 6. The zero-order valence-electron chi connectivity index (χ0n) is 12.2. The summed E-state index contributed by atoms with van der Waals surface area (Å²) in [5.41, 5.74) is 7.47. The quantitative estimate of drug-likeness (QED) is 0.613. The summed E-state index contributed by atoms with van der Waals surface area (Å²) in [5, 5.41) is 7.36. The van der Waals surface area contributed by atoms with Crippen LogP contribution in [0, 0.1) is 0 Å². The maximum atomic E-state index is 11.9. The number of rotatable bonds is 6. The number of benzene rings is 1. The molecule has 0 spiro atoms. The first-order valence-electron chi connectivity index (χ1n) is 6.75. The molecule has 0 amide bonds. The van der Waals surface area contributed by atoms with E-state index >= 15 is 0 Å². The Balaban J connectivity index is 2.06. The Kier molecular flexibility index (Phi) is 4.76. The third-order valence-electron chi connectivity index (χ3n) is 2.89. The molecule has 3 N–H and O–H groups in total. The maximum Gasteiger partial charge on any atom is 0.340 e. The molecule has 0 atom stereocenters. The minimum atomic E-state index is -0.386. The van der Waals surface area contributed by atoms with Gasteiger partial charge in [0, 0.05) is 20.0 Å². The molecule has 112 valence electrons. The zero-order chi connectivity index (χ0) is 15.2. The summed E-state index contributed by atoms with van der Waals surface area (Å²) < 4.78 is 6.68. The van der Waals surface area contributed by atoms with Gasteiger partial charge in [0.25, 0.3) is 0 Å². The summed E-state index contributed by atoms with van der Waals surface area (Å²) in [5.74, 6) is 0.348. The van der Waals surface area contributed by atoms with Crippen LogP contribution in [-0.4, -0.2) is 33.9 Å². The molecule has 2 rings (SSSR count). The van der Waals surface area contributed by atoms with Crippen LogP contribution in [0.25, 0.3) is 0 Å². The summed E-state index contributed by atoms with van der Waals surface area (Å²) in [6, 6.07) is 5.16. The van der Waals surface area contributed by atoms with Crippen molar-refractivity contribution in [3.63, 3.8) is 0 Å². The van der Waals surface area contributed by atoms with Crippen LogP contribution in [0.15, 0.2) is 24.5 Å². The molecule has 0 bridgehead atoms. The number of carbonyl (C=O) groups excluding carboxylic acids is 1. The van der Waals surface area contributed by atoms with Crippen LogP contribution in [0.4, 0.5) is 11.4 Å². The molecule has 0 aliphatic rings. The Morgan fingerprint density at radius 1 is 1.48 bits per heavy atom. The number of hydrogen-bond donors (Lipinski definition) is 2. The van der Waals surface area contributed by atoms with Gasteiger partial charge in [-0.25, -0.2) is 9.78 Å². The standard InChI is InChI=1S/C14H19N5O2/c1-3-21-14(20)10-5-4-6-11(15)13(10)16-8-7-12-17-9-19(2)18-12/h4-6,9,16H,3,7-8,15H2,1-2H3. The van der Waals surface area contributed by atoms with Crippen LogP contribution in [0.2, 0.25) is 0 Å². The summed E-state index contributed by atoms with van der Waals surface area (Å²) in [6.07, 6.45) is 2.29. The van der Waals surface area contributed by atoms with Crippen LogP contribution in [-0.2, 0) is 18.2 Å². The molecule has 7 nitrogen and oxygen atoms in total. The van der Waals surface area contributed by atoms with Crippen molar-refractivity contribution in [1.29, 1.82) is 0 Å². The van der Waals surface area contributed by atoms with Gasteiger partial charge in [-0.3, -0.25) is 4.68 Å². The van der Waals surface area contributed by atoms with Crippen molar-refractivity contribution in [1.82, 2.24) is 14.8 Å². The topological polar surface area (TPSA) is 95.1 Å². The Labute approximate surface area is 123 Å². The lowest BCUT2D eigenvalue weighted by Crippen LogP contribution is -2.14. The van der Waals surface area contributed by atoms with Crippen molar-refractivity contribution in [3.05, 3.63) is 35.9 Å². The predicted molar refractivity (Wildman–Crippen MR) is 80.0 cm³/mol. The third-order valence-corrected chi connectivity index (χ3v) is 2.89. The summed E-state index contributed by atoms with van der Waals surface area (Å²) in [7, 11) is 1.82. The number of nitrogen functional groups attached to an aromatic ring is 1. The summed E-state index contributed by atoms with van der Waals surface area (Å²) in [4.78, 5) is 16.1. The number of aryl methyl sites for hydroxylation is 1. The second-order valence-electron chi connectivity index (χ2n) is 4.50. The van der Waals surface area contributed by atoms with Crippen LogP contribution < -0.4 is 11.1 Å². The van der Waals surface area contributed by atoms with E-state index in [1.54, 1.807) is 36.1 Å². The number of esters is 1. The number of ether oxygens (including phenoxy) is 1. The lowest BCUT2D eigenvalue weighted by atomic mass is 10.1. The van der Waals surface area contributed by atoms with E-state index in [-0.39, 0.29) is 5.97 Å². The first-order valence-corrected chi connectivity index (χ1v) is 6.75. The number of para-hydroxylation sites is 1. The monoisotopic (exact) mass is 289 g/mol. The molecule has 0 radical (unpaired) electrons. The van der Waals surface area contributed by atoms with Crippen molar-refractivity contribution in [3.8, 4) is 0 Å². The van der Waals surface area contributed by atoms with Crippen molar-refractivity contribution >= 4 is 17.3 Å². The van der Waals surface area contributed by atoms with Crippen molar-refractivity contribution in [2.45, 2.75) is 13.3 Å². The molecule has 21 heavy (non-hydrogen) atoms. The molecule has 2 aromatic rings. The number of carbonyl (C=O) groups is 1. The van der Waals surface area contributed by atoms with E-state index in [0.717, 1.165) is 5.82 Å². The molecule has 0 aliphatic heterocycles. The van der Waals surface area contributed by atoms with Gasteiger partial charge in [-0.15, -0.1) is 0 Å². The summed E-state index contributed by atoms with van der Waals surface area (Å²) in [6.45, 7) is 2.67. The molecule has 7 heteroatoms. The van der Waals surface area contributed by atoms with Crippen LogP contribution in [0.5, 0.6) is 0 Å². The van der Waals surface area contributed by atoms with E-state index in [1.807, 2.05) is 7.05 Å². The molecule has 0 aliphatic carbocycles. The average molecular weight is 289 g/mol. The van der Waals surface area contributed by atoms with E-state index in [0.29, 0.717) is 36.5 Å². The Bertz CT molecular complexity index is 624. The fourth-order valence-corrected chi connectivity index (χ4v) is 1.94. The Hall–Kier alpha value is -2.57. The highest BCUT2D eigenvalue weighted by Gasteiger charge is 2.14. The van der Waals surface area contributed by atoms with E-state index in [2.05, 4.69) is 15.4 Å². The van der Waals surface area contributed by atoms with Gasteiger partial charge in [0.1, 0.15) is 6.33 Å². The smallest absolute Gasteiger partial charge is 0.340 e. The first-order chi connectivity index (χ1) is 10.1. The molecule has 1 aromatic carbocycles. The van der Waals surface area contributed by atoms with Gasteiger partial charge in [0.2, 0.25) is 0 Å². The molecular weight excluding hydrogens is 270 g/mol. The van der Waals surface area contributed by atoms with Gasteiger partial charge in [0.05, 0.1) is 23.5 Å². The molecule has 0 saturated heterocycles. The fraction of sp³-hybridized carbons (Fsp3) is 0.357. The normalized spacial score (nSPS) is 10.4. The largest absolute Gasteiger partial charge is 0.462 e. The highest BCUT2D eigenvalue weighted by atomic mass is 16.5. The lowest BCUT2D eigenvalue weighted by Gasteiger charge is -2.13. The number of aromatic nitrogens is 3. The maximum absolute atomic E-state index is 11.9. The average Bonchev–Trinajstić information content (AvgIpc) is 2.86. The van der Waals surface area contributed by atoms with Crippen molar-refractivity contribution in [2.24, 2.45) is 7.05 Å². The molecular formula is C14H19N5O2. The lowest BCUT2D eigenvalue weighted by molar-refractivity contribution is 0.0527. The number of anilines is 2. The van der Waals surface area contributed by atoms with Crippen LogP contribution in [0.1, 0.15) is 23.1 Å². The molecule has 0 fully saturated rings. The van der Waals surface area contributed by atoms with E-state index < -0.39 is 0 Å². The Morgan fingerprint density at radius 2 is 2.29 bits per heavy atom. The van der Waals surface area contributed by atoms with Gasteiger partial charge in [-0.1, -0.05) is 6.07 Å². The second-order valence-corrected chi connectivity index (χ2v) is 4.50. The van der Waals surface area contributed by atoms with Gasteiger partial charge in [-0.05, 0) is 19.1 Å². The first kappa shape index (κ1) is 14.8. The van der Waals surface area contributed by atoms with Crippen molar-refractivity contribution in [2.75, 3.05) is 24.2 Å². The second kappa shape index (κ2) is 6.74. The van der Waals surface area contributed by atoms with E-state index in [1.165, 1.54) is 0 Å². The minimum Gasteiger partial charge on any atom is -0.462 e.